The summed E-state index contributed by atoms with van der Waals surface area (Å²) in [6.45, 7) is 1.55. The van der Waals surface area contributed by atoms with Crippen molar-refractivity contribution in [3.8, 4) is 0 Å². The Bertz CT molecular complexity index is 385. The van der Waals surface area contributed by atoms with Crippen LogP contribution in [0, 0.1) is 6.92 Å². The number of halogens is 4. The Hall–Kier alpha value is -0.840. The normalized spacial score (nSPS) is 11.5. The molecular weight excluding hydrogens is 273 g/mol. The summed E-state index contributed by atoms with van der Waals surface area (Å²) in [5.74, 6) is -0.567. The zero-order valence-electron chi connectivity index (χ0n) is 7.86. The minimum atomic E-state index is -4.49. The number of carbonyl (C=O) groups is 1. The highest BCUT2D eigenvalue weighted by Crippen LogP contribution is 2.33. The summed E-state index contributed by atoms with van der Waals surface area (Å²) in [6.07, 6.45) is -4.49. The first kappa shape index (κ1) is 12.2. The van der Waals surface area contributed by atoms with Crippen molar-refractivity contribution in [1.29, 1.82) is 0 Å². The maximum absolute atomic E-state index is 12.6. The minimum absolute atomic E-state index is 0.112. The van der Waals surface area contributed by atoms with Crippen LogP contribution in [0.15, 0.2) is 18.2 Å². The topological polar surface area (TPSA) is 17.1 Å². The molecule has 0 saturated heterocycles. The molecule has 0 heterocycles. The molecule has 0 aliphatic rings. The first-order chi connectivity index (χ1) is 6.86. The zero-order chi connectivity index (χ0) is 11.6. The molecule has 0 saturated carbocycles. The van der Waals surface area contributed by atoms with Crippen molar-refractivity contribution < 1.29 is 18.0 Å². The van der Waals surface area contributed by atoms with E-state index in [1.165, 1.54) is 12.1 Å². The molecule has 0 unspecified atom stereocenters. The highest BCUT2D eigenvalue weighted by molar-refractivity contribution is 9.09. The first-order valence-corrected chi connectivity index (χ1v) is 5.25. The molecule has 0 aliphatic heterocycles. The van der Waals surface area contributed by atoms with E-state index in [-0.39, 0.29) is 10.9 Å². The number of aryl methyl sites for hydroxylation is 1. The Morgan fingerprint density at radius 3 is 2.47 bits per heavy atom. The van der Waals surface area contributed by atoms with Crippen molar-refractivity contribution >= 4 is 21.7 Å². The second-order valence-corrected chi connectivity index (χ2v) is 3.66. The fourth-order valence-electron chi connectivity index (χ4n) is 1.21. The average molecular weight is 281 g/mol. The van der Waals surface area contributed by atoms with Gasteiger partial charge in [0.05, 0.1) is 10.9 Å². The third kappa shape index (κ3) is 2.81. The summed E-state index contributed by atoms with van der Waals surface area (Å²) in [5.41, 5.74) is -0.676. The van der Waals surface area contributed by atoms with E-state index >= 15 is 0 Å². The molecular formula is C10H8BrF3O. The Kier molecular flexibility index (Phi) is 3.54. The van der Waals surface area contributed by atoms with E-state index in [2.05, 4.69) is 15.9 Å². The van der Waals surface area contributed by atoms with Crippen LogP contribution in [0.5, 0.6) is 0 Å². The predicted molar refractivity (Wildman–Crippen MR) is 54.3 cm³/mol. The molecule has 1 rings (SSSR count). The average Bonchev–Trinajstić information content (AvgIpc) is 2.15. The molecule has 1 nitrogen and oxygen atoms in total. The number of Topliss-reactive ketones (excluding diaryl/α,β-unsaturated/α-hetero) is 1. The van der Waals surface area contributed by atoms with Crippen LogP contribution in [0.1, 0.15) is 21.5 Å². The van der Waals surface area contributed by atoms with Gasteiger partial charge in [-0.15, -0.1) is 0 Å². The van der Waals surface area contributed by atoms with Crippen LogP contribution >= 0.6 is 15.9 Å². The summed E-state index contributed by atoms with van der Waals surface area (Å²) < 4.78 is 37.7. The third-order valence-electron chi connectivity index (χ3n) is 1.90. The van der Waals surface area contributed by atoms with Gasteiger partial charge in [-0.1, -0.05) is 33.6 Å². The summed E-state index contributed by atoms with van der Waals surface area (Å²) in [7, 11) is 0. The molecule has 1 aromatic rings. The quantitative estimate of drug-likeness (QED) is 0.598. The summed E-state index contributed by atoms with van der Waals surface area (Å²) in [6, 6.07) is 3.68. The SMILES string of the molecule is Cc1ccc(C(=O)CBr)c(C(F)(F)F)c1. The lowest BCUT2D eigenvalue weighted by Crippen LogP contribution is -2.14. The zero-order valence-corrected chi connectivity index (χ0v) is 9.45. The minimum Gasteiger partial charge on any atom is -0.293 e. The van der Waals surface area contributed by atoms with Gasteiger partial charge in [0.25, 0.3) is 0 Å². The van der Waals surface area contributed by atoms with Crippen LogP contribution in [0.3, 0.4) is 0 Å². The van der Waals surface area contributed by atoms with Crippen molar-refractivity contribution in [3.05, 3.63) is 34.9 Å². The molecule has 0 atom stereocenters. The van der Waals surface area contributed by atoms with Gasteiger partial charge in [-0.3, -0.25) is 4.79 Å². The van der Waals surface area contributed by atoms with Crippen LogP contribution in [0.25, 0.3) is 0 Å². The van der Waals surface area contributed by atoms with E-state index in [1.54, 1.807) is 6.92 Å². The van der Waals surface area contributed by atoms with Crippen molar-refractivity contribution in [3.63, 3.8) is 0 Å². The maximum atomic E-state index is 12.6. The van der Waals surface area contributed by atoms with Crippen molar-refractivity contribution in [2.75, 3.05) is 5.33 Å². The molecule has 1 aromatic carbocycles. The van der Waals surface area contributed by atoms with Crippen LogP contribution < -0.4 is 0 Å². The van der Waals surface area contributed by atoms with Gasteiger partial charge in [0.1, 0.15) is 0 Å². The van der Waals surface area contributed by atoms with E-state index in [4.69, 9.17) is 0 Å². The van der Waals surface area contributed by atoms with E-state index in [0.29, 0.717) is 5.56 Å². The first-order valence-electron chi connectivity index (χ1n) is 4.13. The number of hydrogen-bond acceptors (Lipinski definition) is 1. The molecule has 15 heavy (non-hydrogen) atoms. The number of alkyl halides is 4. The Balaban J connectivity index is 3.33. The summed E-state index contributed by atoms with van der Waals surface area (Å²) >= 11 is 2.85. The fraction of sp³-hybridized carbons (Fsp3) is 0.300. The van der Waals surface area contributed by atoms with Crippen LogP contribution in [0.2, 0.25) is 0 Å². The van der Waals surface area contributed by atoms with Gasteiger partial charge in [-0.2, -0.15) is 13.2 Å². The van der Waals surface area contributed by atoms with Gasteiger partial charge in [-0.05, 0) is 13.0 Å². The van der Waals surface area contributed by atoms with Gasteiger partial charge < -0.3 is 0 Å². The van der Waals surface area contributed by atoms with Crippen LogP contribution in [0.4, 0.5) is 13.2 Å². The molecule has 0 radical (unpaired) electrons. The highest BCUT2D eigenvalue weighted by Gasteiger charge is 2.34. The fourth-order valence-corrected chi connectivity index (χ4v) is 1.51. The van der Waals surface area contributed by atoms with E-state index < -0.39 is 17.5 Å². The Labute approximate surface area is 93.4 Å². The van der Waals surface area contributed by atoms with Gasteiger partial charge in [0.15, 0.2) is 5.78 Å². The monoisotopic (exact) mass is 280 g/mol. The predicted octanol–water partition coefficient (Wildman–Crippen LogP) is 3.59. The van der Waals surface area contributed by atoms with Crippen LogP contribution in [-0.4, -0.2) is 11.1 Å². The second kappa shape index (κ2) is 4.35. The lowest BCUT2D eigenvalue weighted by atomic mass is 10.0. The van der Waals surface area contributed by atoms with E-state index in [0.717, 1.165) is 6.07 Å². The third-order valence-corrected chi connectivity index (χ3v) is 2.41. The van der Waals surface area contributed by atoms with Crippen molar-refractivity contribution in [2.24, 2.45) is 0 Å². The molecule has 5 heteroatoms. The largest absolute Gasteiger partial charge is 0.417 e. The summed E-state index contributed by atoms with van der Waals surface area (Å²) in [4.78, 5) is 11.2. The van der Waals surface area contributed by atoms with Gasteiger partial charge in [-0.25, -0.2) is 0 Å². The highest BCUT2D eigenvalue weighted by atomic mass is 79.9. The van der Waals surface area contributed by atoms with Crippen LogP contribution in [-0.2, 0) is 6.18 Å². The molecule has 0 bridgehead atoms. The molecule has 0 amide bonds. The number of rotatable bonds is 2. The van der Waals surface area contributed by atoms with E-state index in [1.807, 2.05) is 0 Å². The summed E-state index contributed by atoms with van der Waals surface area (Å²) in [5, 5.41) is -0.112. The molecule has 0 aliphatic carbocycles. The Morgan fingerprint density at radius 2 is 2.00 bits per heavy atom. The number of carbonyl (C=O) groups excluding carboxylic acids is 1. The molecule has 0 fully saturated rings. The Morgan fingerprint density at radius 1 is 1.40 bits per heavy atom. The van der Waals surface area contributed by atoms with Gasteiger partial charge >= 0.3 is 6.18 Å². The number of ketones is 1. The number of hydrogen-bond donors (Lipinski definition) is 0. The van der Waals surface area contributed by atoms with Gasteiger partial charge in [0.2, 0.25) is 0 Å². The molecule has 82 valence electrons. The molecule has 0 N–H and O–H groups in total. The maximum Gasteiger partial charge on any atom is 0.417 e. The van der Waals surface area contributed by atoms with Crippen molar-refractivity contribution in [2.45, 2.75) is 13.1 Å². The smallest absolute Gasteiger partial charge is 0.293 e. The second-order valence-electron chi connectivity index (χ2n) is 3.10. The lowest BCUT2D eigenvalue weighted by Gasteiger charge is -2.11. The molecule has 0 spiro atoms. The molecule has 0 aromatic heterocycles. The lowest BCUT2D eigenvalue weighted by molar-refractivity contribution is -0.137. The van der Waals surface area contributed by atoms with Crippen molar-refractivity contribution in [1.82, 2.24) is 0 Å². The van der Waals surface area contributed by atoms with Gasteiger partial charge in [0, 0.05) is 5.56 Å². The number of benzene rings is 1. The standard InChI is InChI=1S/C10H8BrF3O/c1-6-2-3-7(9(15)5-11)8(4-6)10(12,13)14/h2-4H,5H2,1H3. The van der Waals surface area contributed by atoms with E-state index in [9.17, 15) is 18.0 Å².